The Balaban J connectivity index is 1.42. The van der Waals surface area contributed by atoms with Crippen LogP contribution in [0.15, 0.2) is 72.9 Å². The summed E-state index contributed by atoms with van der Waals surface area (Å²) in [5.41, 5.74) is 4.09. The van der Waals surface area contributed by atoms with Crippen LogP contribution in [-0.4, -0.2) is 4.98 Å². The zero-order chi connectivity index (χ0) is 22.4. The average Bonchev–Trinajstić information content (AvgIpc) is 3.22. The molecule has 1 nitrogen and oxygen atoms in total. The van der Waals surface area contributed by atoms with Crippen LogP contribution in [0.25, 0.3) is 42.6 Å². The number of halogens is 2. The summed E-state index contributed by atoms with van der Waals surface area (Å²) >= 11 is 1.65. The summed E-state index contributed by atoms with van der Waals surface area (Å²) in [5, 5.41) is 2.25. The maximum absolute atomic E-state index is 14.3. The van der Waals surface area contributed by atoms with Gasteiger partial charge in [-0.1, -0.05) is 43.5 Å². The van der Waals surface area contributed by atoms with Gasteiger partial charge in [-0.25, -0.2) is 8.78 Å². The molecule has 0 N–H and O–H groups in total. The highest BCUT2D eigenvalue weighted by atomic mass is 32.1. The van der Waals surface area contributed by atoms with E-state index in [4.69, 9.17) is 0 Å². The summed E-state index contributed by atoms with van der Waals surface area (Å²) in [6.45, 7) is 0. The van der Waals surface area contributed by atoms with Crippen LogP contribution in [0.5, 0.6) is 0 Å². The highest BCUT2D eigenvalue weighted by Gasteiger charge is 2.17. The van der Waals surface area contributed by atoms with E-state index in [0.717, 1.165) is 31.4 Å². The minimum absolute atomic E-state index is 0.0290. The predicted molar refractivity (Wildman–Crippen MR) is 134 cm³/mol. The molecule has 6 rings (SSSR count). The van der Waals surface area contributed by atoms with Crippen LogP contribution in [0.2, 0.25) is 0 Å². The van der Waals surface area contributed by atoms with Crippen LogP contribution < -0.4 is 0 Å². The third-order valence-corrected chi connectivity index (χ3v) is 8.01. The topological polar surface area (TPSA) is 12.9 Å². The van der Waals surface area contributed by atoms with Crippen molar-refractivity contribution < 1.29 is 8.78 Å². The Labute approximate surface area is 195 Å². The molecule has 0 aliphatic heterocycles. The van der Waals surface area contributed by atoms with Crippen LogP contribution >= 0.6 is 11.3 Å². The fourth-order valence-corrected chi connectivity index (χ4v) is 6.29. The van der Waals surface area contributed by atoms with E-state index in [1.54, 1.807) is 11.3 Å². The van der Waals surface area contributed by atoms with E-state index in [0.29, 0.717) is 11.5 Å². The van der Waals surface area contributed by atoms with Gasteiger partial charge in [-0.2, -0.15) is 0 Å². The number of fused-ring (bicyclic) bond motifs is 3. The SMILES string of the molecule is Fc1cccc(F)c1-c1ccc2c(c1)sc1ccc(-c3cc(C4CCCCC4)ccn3)cc12. The maximum atomic E-state index is 14.3. The Morgan fingerprint density at radius 3 is 2.33 bits per heavy atom. The molecule has 1 fully saturated rings. The van der Waals surface area contributed by atoms with Crippen molar-refractivity contribution in [1.29, 1.82) is 0 Å². The molecule has 2 aromatic heterocycles. The van der Waals surface area contributed by atoms with E-state index < -0.39 is 11.6 Å². The molecule has 0 saturated heterocycles. The predicted octanol–water partition coefficient (Wildman–Crippen LogP) is 9.11. The summed E-state index contributed by atoms with van der Waals surface area (Å²) in [6.07, 6.45) is 8.44. The summed E-state index contributed by atoms with van der Waals surface area (Å²) in [7, 11) is 0. The Morgan fingerprint density at radius 1 is 0.727 bits per heavy atom. The number of benzene rings is 3. The minimum atomic E-state index is -0.540. The summed E-state index contributed by atoms with van der Waals surface area (Å²) in [5.74, 6) is -0.438. The van der Waals surface area contributed by atoms with Gasteiger partial charge < -0.3 is 0 Å². The van der Waals surface area contributed by atoms with Crippen molar-refractivity contribution in [3.8, 4) is 22.4 Å². The van der Waals surface area contributed by atoms with E-state index in [-0.39, 0.29) is 5.56 Å². The molecule has 3 aromatic carbocycles. The van der Waals surface area contributed by atoms with E-state index >= 15 is 0 Å². The lowest BCUT2D eigenvalue weighted by atomic mass is 9.84. The second kappa shape index (κ2) is 8.35. The summed E-state index contributed by atoms with van der Waals surface area (Å²) in [6, 6.07) is 20.6. The molecule has 1 aliphatic carbocycles. The number of thiophene rings is 1. The monoisotopic (exact) mass is 455 g/mol. The molecule has 0 atom stereocenters. The number of pyridine rings is 1. The standard InChI is InChI=1S/C29H23F2NS/c30-24-7-4-8-25(31)29(24)21-9-11-22-23-15-20(10-12-27(23)33-28(22)17-21)26-16-19(13-14-32-26)18-5-2-1-3-6-18/h4,7-18H,1-3,5-6H2. The summed E-state index contributed by atoms with van der Waals surface area (Å²) < 4.78 is 30.8. The number of hydrogen-bond donors (Lipinski definition) is 0. The highest BCUT2D eigenvalue weighted by Crippen LogP contribution is 2.39. The zero-order valence-electron chi connectivity index (χ0n) is 18.2. The molecule has 0 unspecified atom stereocenters. The Hall–Kier alpha value is -3.11. The molecular formula is C29H23F2NS. The molecular weight excluding hydrogens is 432 g/mol. The van der Waals surface area contributed by atoms with Gasteiger partial charge in [0.05, 0.1) is 11.3 Å². The van der Waals surface area contributed by atoms with Gasteiger partial charge in [0, 0.05) is 31.9 Å². The molecule has 4 heteroatoms. The van der Waals surface area contributed by atoms with Gasteiger partial charge in [0.15, 0.2) is 0 Å². The molecule has 0 radical (unpaired) electrons. The van der Waals surface area contributed by atoms with Gasteiger partial charge in [0.25, 0.3) is 0 Å². The zero-order valence-corrected chi connectivity index (χ0v) is 19.0. The first-order valence-corrected chi connectivity index (χ1v) is 12.4. The second-order valence-electron chi connectivity index (χ2n) is 8.93. The van der Waals surface area contributed by atoms with Crippen molar-refractivity contribution in [3.63, 3.8) is 0 Å². The molecule has 2 heterocycles. The first kappa shape index (κ1) is 20.5. The molecule has 1 aliphatic rings. The van der Waals surface area contributed by atoms with Gasteiger partial charge >= 0.3 is 0 Å². The van der Waals surface area contributed by atoms with E-state index in [9.17, 15) is 8.78 Å². The van der Waals surface area contributed by atoms with Gasteiger partial charge in [-0.15, -0.1) is 11.3 Å². The van der Waals surface area contributed by atoms with Crippen LogP contribution in [0.3, 0.4) is 0 Å². The van der Waals surface area contributed by atoms with Crippen molar-refractivity contribution in [1.82, 2.24) is 4.98 Å². The van der Waals surface area contributed by atoms with Crippen molar-refractivity contribution in [2.75, 3.05) is 0 Å². The molecule has 1 saturated carbocycles. The van der Waals surface area contributed by atoms with Gasteiger partial charge in [-0.05, 0) is 72.4 Å². The van der Waals surface area contributed by atoms with Gasteiger partial charge in [-0.3, -0.25) is 4.98 Å². The number of nitrogens with zero attached hydrogens (tertiary/aromatic N) is 1. The molecule has 164 valence electrons. The van der Waals surface area contributed by atoms with Crippen LogP contribution in [0, 0.1) is 11.6 Å². The Kier molecular flexibility index (Phi) is 5.18. The molecule has 5 aromatic rings. The Morgan fingerprint density at radius 2 is 1.52 bits per heavy atom. The number of rotatable bonds is 3. The van der Waals surface area contributed by atoms with E-state index in [2.05, 4.69) is 35.3 Å². The maximum Gasteiger partial charge on any atom is 0.133 e. The third kappa shape index (κ3) is 3.72. The summed E-state index contributed by atoms with van der Waals surface area (Å²) in [4.78, 5) is 4.67. The van der Waals surface area contributed by atoms with Crippen molar-refractivity contribution >= 4 is 31.5 Å². The molecule has 0 amide bonds. The molecule has 0 spiro atoms. The van der Waals surface area contributed by atoms with E-state index in [1.807, 2.05) is 24.4 Å². The molecule has 0 bridgehead atoms. The lowest BCUT2D eigenvalue weighted by molar-refractivity contribution is 0.443. The van der Waals surface area contributed by atoms with E-state index in [1.165, 1.54) is 55.9 Å². The normalized spacial score (nSPS) is 14.8. The van der Waals surface area contributed by atoms with Crippen LogP contribution in [-0.2, 0) is 0 Å². The van der Waals surface area contributed by atoms with Crippen molar-refractivity contribution in [2.24, 2.45) is 0 Å². The fourth-order valence-electron chi connectivity index (χ4n) is 5.16. The van der Waals surface area contributed by atoms with Gasteiger partial charge in [0.1, 0.15) is 11.6 Å². The lowest BCUT2D eigenvalue weighted by Crippen LogP contribution is -2.04. The third-order valence-electron chi connectivity index (χ3n) is 6.88. The van der Waals surface area contributed by atoms with Crippen molar-refractivity contribution in [2.45, 2.75) is 38.0 Å². The van der Waals surface area contributed by atoms with Crippen LogP contribution in [0.4, 0.5) is 8.78 Å². The van der Waals surface area contributed by atoms with Gasteiger partial charge in [0.2, 0.25) is 0 Å². The quantitative estimate of drug-likeness (QED) is 0.264. The molecule has 33 heavy (non-hydrogen) atoms. The van der Waals surface area contributed by atoms with Crippen molar-refractivity contribution in [3.05, 3.63) is 90.1 Å². The second-order valence-corrected chi connectivity index (χ2v) is 10.0. The fraction of sp³-hybridized carbons (Fsp3) is 0.207. The first-order valence-electron chi connectivity index (χ1n) is 11.5. The van der Waals surface area contributed by atoms with Crippen LogP contribution in [0.1, 0.15) is 43.6 Å². The lowest BCUT2D eigenvalue weighted by Gasteiger charge is -2.22. The number of hydrogen-bond acceptors (Lipinski definition) is 2. The Bertz CT molecular complexity index is 1460. The number of aromatic nitrogens is 1. The smallest absolute Gasteiger partial charge is 0.133 e. The minimum Gasteiger partial charge on any atom is -0.256 e. The average molecular weight is 456 g/mol. The highest BCUT2D eigenvalue weighted by molar-refractivity contribution is 7.25. The first-order chi connectivity index (χ1) is 16.2. The largest absolute Gasteiger partial charge is 0.256 e.